The molecule has 1 nitrogen and oxygen atoms in total. The number of H-pyrrole nitrogens is 1. The van der Waals surface area contributed by atoms with E-state index in [2.05, 4.69) is 20.9 Å². The number of halogens is 2. The number of pyridine rings is 1. The van der Waals surface area contributed by atoms with Crippen molar-refractivity contribution in [2.24, 2.45) is 0 Å². The lowest BCUT2D eigenvalue weighted by Gasteiger charge is -1.88. The van der Waals surface area contributed by atoms with Crippen LogP contribution in [-0.2, 0) is 0 Å². The van der Waals surface area contributed by atoms with Gasteiger partial charge in [0, 0.05) is 6.20 Å². The van der Waals surface area contributed by atoms with Gasteiger partial charge in [0.1, 0.15) is 10.5 Å². The Labute approximate surface area is 65.0 Å². The second-order valence-corrected chi connectivity index (χ2v) is 2.76. The van der Waals surface area contributed by atoms with Crippen molar-refractivity contribution in [1.29, 1.82) is 0 Å². The quantitative estimate of drug-likeness (QED) is 0.648. The van der Waals surface area contributed by atoms with E-state index >= 15 is 0 Å². The van der Waals surface area contributed by atoms with Gasteiger partial charge in [-0.3, -0.25) is 0 Å². The third-order valence-corrected chi connectivity index (χ3v) is 2.05. The van der Waals surface area contributed by atoms with E-state index in [9.17, 15) is 4.39 Å². The van der Waals surface area contributed by atoms with Crippen LogP contribution in [0.2, 0.25) is 0 Å². The van der Waals surface area contributed by atoms with Gasteiger partial charge in [-0.1, -0.05) is 12.2 Å². The van der Waals surface area contributed by atoms with Gasteiger partial charge in [-0.15, -0.1) is 0 Å². The average molecular weight is 208 g/mol. The predicted octanol–water partition coefficient (Wildman–Crippen LogP) is 2.65. The molecule has 0 aliphatic carbocycles. The number of aromatic nitrogens is 1. The third-order valence-electron chi connectivity index (χ3n) is 0.823. The molecule has 9 heavy (non-hydrogen) atoms. The second kappa shape index (κ2) is 2.58. The Balaban J connectivity index is 3.34. The monoisotopic (exact) mass is 207 g/mol. The Kier molecular flexibility index (Phi) is 1.97. The van der Waals surface area contributed by atoms with Crippen LogP contribution in [0.1, 0.15) is 0 Å². The molecule has 0 saturated carbocycles. The molecular formula is C5H3BrFNS. The summed E-state index contributed by atoms with van der Waals surface area (Å²) in [5.74, 6) is -0.324. The highest BCUT2D eigenvalue weighted by molar-refractivity contribution is 9.10. The van der Waals surface area contributed by atoms with E-state index in [1.807, 2.05) is 0 Å². The fraction of sp³-hybridized carbons (Fsp3) is 0. The van der Waals surface area contributed by atoms with Crippen molar-refractivity contribution in [2.75, 3.05) is 0 Å². The van der Waals surface area contributed by atoms with Crippen molar-refractivity contribution in [3.05, 3.63) is 27.2 Å². The molecule has 0 unspecified atom stereocenters. The van der Waals surface area contributed by atoms with Gasteiger partial charge in [0.15, 0.2) is 0 Å². The summed E-state index contributed by atoms with van der Waals surface area (Å²) in [4.78, 5) is 2.56. The smallest absolute Gasteiger partial charge is 0.140 e. The lowest BCUT2D eigenvalue weighted by molar-refractivity contribution is 0.620. The molecule has 0 aliphatic heterocycles. The van der Waals surface area contributed by atoms with Crippen molar-refractivity contribution in [1.82, 2.24) is 4.98 Å². The van der Waals surface area contributed by atoms with Crippen LogP contribution in [0.5, 0.6) is 0 Å². The first kappa shape index (κ1) is 6.89. The summed E-state index contributed by atoms with van der Waals surface area (Å²) in [7, 11) is 0. The molecule has 48 valence electrons. The van der Waals surface area contributed by atoms with E-state index in [1.54, 1.807) is 0 Å². The molecule has 0 saturated heterocycles. The third kappa shape index (κ3) is 1.59. The van der Waals surface area contributed by atoms with Gasteiger partial charge in [-0.2, -0.15) is 0 Å². The van der Waals surface area contributed by atoms with Crippen molar-refractivity contribution < 1.29 is 4.39 Å². The van der Waals surface area contributed by atoms with Crippen LogP contribution >= 0.6 is 28.1 Å². The van der Waals surface area contributed by atoms with Crippen LogP contribution in [0.25, 0.3) is 0 Å². The van der Waals surface area contributed by atoms with E-state index in [1.165, 1.54) is 12.3 Å². The Morgan fingerprint density at radius 2 is 2.33 bits per heavy atom. The Morgan fingerprint density at radius 1 is 1.67 bits per heavy atom. The van der Waals surface area contributed by atoms with Crippen molar-refractivity contribution in [3.63, 3.8) is 0 Å². The van der Waals surface area contributed by atoms with E-state index in [0.29, 0.717) is 9.11 Å². The maximum atomic E-state index is 12.2. The van der Waals surface area contributed by atoms with Crippen LogP contribution in [-0.4, -0.2) is 4.98 Å². The second-order valence-electron chi connectivity index (χ2n) is 1.49. The Bertz CT molecular complexity index is 270. The van der Waals surface area contributed by atoms with E-state index in [4.69, 9.17) is 12.2 Å². The Morgan fingerprint density at radius 3 is 2.78 bits per heavy atom. The number of nitrogens with one attached hydrogen (secondary N) is 1. The number of hydrogen-bond acceptors (Lipinski definition) is 1. The number of aromatic amines is 1. The van der Waals surface area contributed by atoms with Crippen LogP contribution in [0.3, 0.4) is 0 Å². The van der Waals surface area contributed by atoms with E-state index < -0.39 is 0 Å². The summed E-state index contributed by atoms with van der Waals surface area (Å²) < 4.78 is 13.3. The summed E-state index contributed by atoms with van der Waals surface area (Å²) >= 11 is 7.81. The van der Waals surface area contributed by atoms with E-state index in [-0.39, 0.29) is 5.82 Å². The van der Waals surface area contributed by atoms with Crippen LogP contribution in [0, 0.1) is 10.5 Å². The summed E-state index contributed by atoms with van der Waals surface area (Å²) in [5, 5.41) is 0. The zero-order chi connectivity index (χ0) is 6.85. The molecular weight excluding hydrogens is 205 g/mol. The first-order valence-corrected chi connectivity index (χ1v) is 3.44. The molecule has 0 amide bonds. The molecule has 1 aromatic rings. The molecule has 1 aromatic heterocycles. The molecule has 0 spiro atoms. The highest BCUT2D eigenvalue weighted by atomic mass is 79.9. The fourth-order valence-electron chi connectivity index (χ4n) is 0.432. The van der Waals surface area contributed by atoms with Gasteiger partial charge < -0.3 is 4.98 Å². The van der Waals surface area contributed by atoms with Gasteiger partial charge >= 0.3 is 0 Å². The normalized spacial score (nSPS) is 9.56. The number of hydrogen-bond donors (Lipinski definition) is 1. The van der Waals surface area contributed by atoms with Crippen LogP contribution < -0.4 is 0 Å². The minimum absolute atomic E-state index is 0.324. The summed E-state index contributed by atoms with van der Waals surface area (Å²) in [6.07, 6.45) is 1.22. The minimum Gasteiger partial charge on any atom is -0.349 e. The van der Waals surface area contributed by atoms with Crippen molar-refractivity contribution in [2.45, 2.75) is 0 Å². The first-order valence-electron chi connectivity index (χ1n) is 2.24. The molecule has 0 aromatic carbocycles. The molecule has 1 rings (SSSR count). The largest absolute Gasteiger partial charge is 0.349 e. The van der Waals surface area contributed by atoms with E-state index in [0.717, 1.165) is 0 Å². The van der Waals surface area contributed by atoms with Crippen LogP contribution in [0.4, 0.5) is 4.39 Å². The molecule has 0 radical (unpaired) electrons. The zero-order valence-electron chi connectivity index (χ0n) is 4.32. The van der Waals surface area contributed by atoms with Gasteiger partial charge in [0.05, 0.1) is 4.47 Å². The highest BCUT2D eigenvalue weighted by Gasteiger charge is 1.91. The molecule has 0 atom stereocenters. The predicted molar refractivity (Wildman–Crippen MR) is 39.3 cm³/mol. The SMILES string of the molecule is Fc1c[nH]c(=S)c(Br)c1. The molecule has 0 fully saturated rings. The summed E-state index contributed by atoms with van der Waals surface area (Å²) in [6.45, 7) is 0. The maximum Gasteiger partial charge on any atom is 0.140 e. The summed E-state index contributed by atoms with van der Waals surface area (Å²) in [5.41, 5.74) is 0. The molecule has 0 aliphatic rings. The Hall–Kier alpha value is -0.220. The van der Waals surface area contributed by atoms with Gasteiger partial charge in [-0.05, 0) is 22.0 Å². The molecule has 4 heteroatoms. The molecule has 1 heterocycles. The van der Waals surface area contributed by atoms with Crippen molar-refractivity contribution in [3.8, 4) is 0 Å². The topological polar surface area (TPSA) is 15.8 Å². The van der Waals surface area contributed by atoms with Gasteiger partial charge in [-0.25, -0.2) is 4.39 Å². The average Bonchev–Trinajstić information content (AvgIpc) is 1.80. The van der Waals surface area contributed by atoms with Gasteiger partial charge in [0.2, 0.25) is 0 Å². The lowest BCUT2D eigenvalue weighted by atomic mass is 10.5. The minimum atomic E-state index is -0.324. The number of rotatable bonds is 0. The van der Waals surface area contributed by atoms with Gasteiger partial charge in [0.25, 0.3) is 0 Å². The van der Waals surface area contributed by atoms with Crippen molar-refractivity contribution >= 4 is 28.1 Å². The lowest BCUT2D eigenvalue weighted by Crippen LogP contribution is -1.78. The fourth-order valence-corrected chi connectivity index (χ4v) is 0.883. The first-order chi connectivity index (χ1) is 4.20. The van der Waals surface area contributed by atoms with Crippen LogP contribution in [0.15, 0.2) is 16.7 Å². The highest BCUT2D eigenvalue weighted by Crippen LogP contribution is 2.10. The molecule has 1 N–H and O–H groups in total. The maximum absolute atomic E-state index is 12.2. The standard InChI is InChI=1S/C5H3BrFNS/c6-4-1-3(7)2-8-5(4)9/h1-2H,(H,8,9). The molecule has 0 bridgehead atoms. The summed E-state index contributed by atoms with van der Waals surface area (Å²) in [6, 6.07) is 1.32. The zero-order valence-corrected chi connectivity index (χ0v) is 6.72.